The molecule has 7 heteroatoms. The van der Waals surface area contributed by atoms with Crippen LogP contribution in [0.25, 0.3) is 0 Å². The second-order valence-corrected chi connectivity index (χ2v) is 5.32. The summed E-state index contributed by atoms with van der Waals surface area (Å²) < 4.78 is 5.16. The number of nitro groups is 1. The van der Waals surface area contributed by atoms with Crippen molar-refractivity contribution in [1.82, 2.24) is 0 Å². The molecular formula is C15H19NO6. The lowest BCUT2D eigenvalue weighted by Crippen LogP contribution is -2.25. The zero-order valence-electron chi connectivity index (χ0n) is 12.1. The number of hydrogen-bond donors (Lipinski definition) is 2. The second kappa shape index (κ2) is 7.33. The van der Waals surface area contributed by atoms with Crippen LogP contribution in [-0.2, 0) is 4.79 Å². The molecule has 120 valence electrons. The number of rotatable bonds is 6. The molecule has 0 bridgehead atoms. The largest absolute Gasteiger partial charge is 0.484 e. The number of nitro benzene ring substituents is 1. The molecule has 7 nitrogen and oxygen atoms in total. The van der Waals surface area contributed by atoms with E-state index in [0.29, 0.717) is 18.4 Å². The van der Waals surface area contributed by atoms with Crippen LogP contribution < -0.4 is 4.74 Å². The van der Waals surface area contributed by atoms with Gasteiger partial charge in [-0.15, -0.1) is 0 Å². The Hall–Kier alpha value is -1.99. The van der Waals surface area contributed by atoms with E-state index in [1.807, 2.05) is 0 Å². The van der Waals surface area contributed by atoms with E-state index in [1.54, 1.807) is 0 Å². The maximum Gasteiger partial charge on any atom is 0.310 e. The minimum Gasteiger partial charge on any atom is -0.484 e. The molecule has 2 rings (SSSR count). The highest BCUT2D eigenvalue weighted by molar-refractivity contribution is 5.82. The summed E-state index contributed by atoms with van der Waals surface area (Å²) in [5, 5.41) is 30.2. The molecule has 0 radical (unpaired) electrons. The van der Waals surface area contributed by atoms with Crippen molar-refractivity contribution in [3.05, 3.63) is 33.9 Å². The highest BCUT2D eigenvalue weighted by atomic mass is 16.6. The van der Waals surface area contributed by atoms with E-state index in [9.17, 15) is 20.0 Å². The van der Waals surface area contributed by atoms with Gasteiger partial charge in [-0.25, -0.2) is 0 Å². The summed E-state index contributed by atoms with van der Waals surface area (Å²) in [5.74, 6) is -0.463. The molecule has 0 unspecified atom stereocenters. The van der Waals surface area contributed by atoms with E-state index in [2.05, 4.69) is 0 Å². The van der Waals surface area contributed by atoms with Gasteiger partial charge in [-0.1, -0.05) is 6.42 Å². The van der Waals surface area contributed by atoms with Crippen molar-refractivity contribution >= 4 is 11.5 Å². The summed E-state index contributed by atoms with van der Waals surface area (Å²) in [5.41, 5.74) is 0.179. The van der Waals surface area contributed by atoms with Gasteiger partial charge < -0.3 is 14.9 Å². The van der Waals surface area contributed by atoms with Gasteiger partial charge in [-0.05, 0) is 30.5 Å². The van der Waals surface area contributed by atoms with Crippen molar-refractivity contribution in [3.8, 4) is 5.75 Å². The number of aliphatic hydroxyl groups is 2. The summed E-state index contributed by atoms with van der Waals surface area (Å²) in [7, 11) is 0. The molecular weight excluding hydrogens is 290 g/mol. The van der Waals surface area contributed by atoms with Crippen molar-refractivity contribution in [2.24, 2.45) is 5.92 Å². The monoisotopic (exact) mass is 309 g/mol. The lowest BCUT2D eigenvalue weighted by atomic mass is 9.81. The van der Waals surface area contributed by atoms with Crippen molar-refractivity contribution in [1.29, 1.82) is 0 Å². The number of carbonyl (C=O) groups excluding carboxylic acids is 1. The van der Waals surface area contributed by atoms with Crippen LogP contribution in [0.4, 0.5) is 5.69 Å². The van der Waals surface area contributed by atoms with Crippen LogP contribution in [-0.4, -0.2) is 34.1 Å². The first-order valence-electron chi connectivity index (χ1n) is 7.27. The smallest absolute Gasteiger partial charge is 0.310 e. The maximum absolute atomic E-state index is 11.9. The van der Waals surface area contributed by atoms with E-state index >= 15 is 0 Å². The van der Waals surface area contributed by atoms with Crippen LogP contribution in [0.3, 0.4) is 0 Å². The molecule has 0 heterocycles. The zero-order valence-corrected chi connectivity index (χ0v) is 12.1. The number of Topliss-reactive ketones (excluding diaryl/α,β-unsaturated/α-hetero) is 1. The van der Waals surface area contributed by atoms with Crippen LogP contribution in [0.15, 0.2) is 18.2 Å². The Morgan fingerprint density at radius 3 is 2.82 bits per heavy atom. The van der Waals surface area contributed by atoms with Crippen molar-refractivity contribution in [2.75, 3.05) is 13.2 Å². The average Bonchev–Trinajstić information content (AvgIpc) is 2.52. The topological polar surface area (TPSA) is 110 Å². The van der Waals surface area contributed by atoms with Gasteiger partial charge >= 0.3 is 5.69 Å². The maximum atomic E-state index is 11.9. The third-order valence-corrected chi connectivity index (χ3v) is 3.85. The molecule has 1 fully saturated rings. The summed E-state index contributed by atoms with van der Waals surface area (Å²) in [6.07, 6.45) is 1.80. The van der Waals surface area contributed by atoms with Gasteiger partial charge in [0.15, 0.2) is 5.75 Å². The van der Waals surface area contributed by atoms with Gasteiger partial charge in [0.2, 0.25) is 0 Å². The second-order valence-electron chi connectivity index (χ2n) is 5.32. The number of benzene rings is 1. The van der Waals surface area contributed by atoms with E-state index in [1.165, 1.54) is 18.2 Å². The van der Waals surface area contributed by atoms with Gasteiger partial charge in [0.1, 0.15) is 12.4 Å². The molecule has 0 spiro atoms. The molecule has 1 aliphatic carbocycles. The van der Waals surface area contributed by atoms with E-state index < -0.39 is 16.9 Å². The molecule has 2 atom stereocenters. The standard InChI is InChI=1S/C15H19NO6/c17-7-8-22-14-9-10(5-6-12(14)16(20)21)15(19)11-3-1-2-4-13(11)18/h5-6,9,11,15,17,19H,1-4,7-8H2/t11-,15+/m1/s1. The SMILES string of the molecule is O=C1CCCC[C@H]1[C@@H](O)c1ccc([N+](=O)[O-])c(OCCO)c1. The summed E-state index contributed by atoms with van der Waals surface area (Å²) in [6.45, 7) is -0.353. The van der Waals surface area contributed by atoms with E-state index in [-0.39, 0.29) is 30.4 Å². The number of nitrogens with zero attached hydrogens (tertiary/aromatic N) is 1. The molecule has 2 N–H and O–H groups in total. The van der Waals surface area contributed by atoms with Gasteiger partial charge in [-0.3, -0.25) is 14.9 Å². The van der Waals surface area contributed by atoms with Gasteiger partial charge in [0.25, 0.3) is 0 Å². The third kappa shape index (κ3) is 3.61. The van der Waals surface area contributed by atoms with Crippen molar-refractivity contribution < 1.29 is 24.7 Å². The first-order valence-corrected chi connectivity index (χ1v) is 7.27. The molecule has 1 saturated carbocycles. The van der Waals surface area contributed by atoms with Crippen molar-refractivity contribution in [2.45, 2.75) is 31.8 Å². The number of aliphatic hydroxyl groups excluding tert-OH is 2. The van der Waals surface area contributed by atoms with Gasteiger partial charge in [0.05, 0.1) is 17.6 Å². The molecule has 0 aliphatic heterocycles. The summed E-state index contributed by atoms with van der Waals surface area (Å²) >= 11 is 0. The minimum absolute atomic E-state index is 0.0149. The Morgan fingerprint density at radius 1 is 1.41 bits per heavy atom. The first-order chi connectivity index (χ1) is 10.5. The predicted octanol–water partition coefficient (Wildman–Crippen LogP) is 1.76. The number of hydrogen-bond acceptors (Lipinski definition) is 6. The predicted molar refractivity (Wildman–Crippen MR) is 77.6 cm³/mol. The Labute approximate surface area is 127 Å². The van der Waals surface area contributed by atoms with Gasteiger partial charge in [-0.2, -0.15) is 0 Å². The lowest BCUT2D eigenvalue weighted by Gasteiger charge is -2.25. The lowest BCUT2D eigenvalue weighted by molar-refractivity contribution is -0.385. The molecule has 22 heavy (non-hydrogen) atoms. The molecule has 1 aromatic carbocycles. The van der Waals surface area contributed by atoms with Gasteiger partial charge in [0, 0.05) is 18.4 Å². The molecule has 1 aliphatic rings. The van der Waals surface area contributed by atoms with E-state index in [0.717, 1.165) is 12.8 Å². The zero-order chi connectivity index (χ0) is 16.1. The minimum atomic E-state index is -0.995. The molecule has 0 amide bonds. The molecule has 0 aromatic heterocycles. The Balaban J connectivity index is 2.26. The first kappa shape index (κ1) is 16.4. The summed E-state index contributed by atoms with van der Waals surface area (Å²) in [4.78, 5) is 22.3. The third-order valence-electron chi connectivity index (χ3n) is 3.85. The summed E-state index contributed by atoms with van der Waals surface area (Å²) in [6, 6.07) is 4.06. The van der Waals surface area contributed by atoms with Crippen LogP contribution in [0.1, 0.15) is 37.4 Å². The number of carbonyl (C=O) groups is 1. The molecule has 1 aromatic rings. The van der Waals surface area contributed by atoms with E-state index in [4.69, 9.17) is 9.84 Å². The Kier molecular flexibility index (Phi) is 5.46. The number of ether oxygens (including phenoxy) is 1. The number of ketones is 1. The fourth-order valence-corrected chi connectivity index (χ4v) is 2.71. The fraction of sp³-hybridized carbons (Fsp3) is 0.533. The highest BCUT2D eigenvalue weighted by Gasteiger charge is 2.31. The normalized spacial score (nSPS) is 19.7. The fourth-order valence-electron chi connectivity index (χ4n) is 2.71. The Bertz CT molecular complexity index is 559. The van der Waals surface area contributed by atoms with Crippen LogP contribution in [0.2, 0.25) is 0 Å². The van der Waals surface area contributed by atoms with Crippen LogP contribution >= 0.6 is 0 Å². The van der Waals surface area contributed by atoms with Crippen LogP contribution in [0, 0.1) is 16.0 Å². The average molecular weight is 309 g/mol. The highest BCUT2D eigenvalue weighted by Crippen LogP contribution is 2.36. The van der Waals surface area contributed by atoms with Crippen molar-refractivity contribution in [3.63, 3.8) is 0 Å². The van der Waals surface area contributed by atoms with Crippen LogP contribution in [0.5, 0.6) is 5.75 Å². The Morgan fingerprint density at radius 2 is 2.18 bits per heavy atom. The molecule has 0 saturated heterocycles. The quantitative estimate of drug-likeness (QED) is 0.612.